The number of carboxylic acids is 1. The van der Waals surface area contributed by atoms with E-state index >= 15 is 0 Å². The maximum absolute atomic E-state index is 11.7. The Balaban J connectivity index is 2.47. The second kappa shape index (κ2) is 7.94. The molecule has 1 aromatic heterocycles. The number of nitrogens with zero attached hydrogens (tertiary/aromatic N) is 1. The lowest BCUT2D eigenvalue weighted by Gasteiger charge is -2.09. The van der Waals surface area contributed by atoms with Gasteiger partial charge in [0.1, 0.15) is 23.1 Å². The van der Waals surface area contributed by atoms with Crippen molar-refractivity contribution in [3.05, 3.63) is 50.1 Å². The van der Waals surface area contributed by atoms with Crippen LogP contribution in [0, 0.1) is 16.1 Å². The van der Waals surface area contributed by atoms with Gasteiger partial charge < -0.3 is 19.6 Å². The summed E-state index contributed by atoms with van der Waals surface area (Å²) in [5.41, 5.74) is 0.00647. The fourth-order valence-electron chi connectivity index (χ4n) is 1.97. The summed E-state index contributed by atoms with van der Waals surface area (Å²) >= 11 is 4.90. The van der Waals surface area contributed by atoms with Gasteiger partial charge in [-0.25, -0.2) is 4.79 Å². The van der Waals surface area contributed by atoms with Gasteiger partial charge in [-0.3, -0.25) is 9.78 Å². The molecule has 25 heavy (non-hydrogen) atoms. The van der Waals surface area contributed by atoms with Gasteiger partial charge >= 0.3 is 5.97 Å². The predicted octanol–water partition coefficient (Wildman–Crippen LogP) is 1.95. The van der Waals surface area contributed by atoms with E-state index in [9.17, 15) is 9.59 Å². The van der Waals surface area contributed by atoms with Crippen LogP contribution in [0.25, 0.3) is 12.2 Å². The highest BCUT2D eigenvalue weighted by Crippen LogP contribution is 2.26. The van der Waals surface area contributed by atoms with Crippen LogP contribution < -0.4 is 15.0 Å². The molecule has 1 aromatic carbocycles. The molecule has 1 heterocycles. The summed E-state index contributed by atoms with van der Waals surface area (Å²) in [7, 11) is 1.49. The normalized spacial score (nSPS) is 10.4. The first-order valence-corrected chi connectivity index (χ1v) is 7.33. The van der Waals surface area contributed by atoms with Crippen LogP contribution >= 0.6 is 12.2 Å². The van der Waals surface area contributed by atoms with Crippen molar-refractivity contribution in [3.8, 4) is 17.6 Å². The van der Waals surface area contributed by atoms with Gasteiger partial charge in [0.05, 0.1) is 12.8 Å². The Morgan fingerprint density at radius 1 is 1.40 bits per heavy atom. The average molecular weight is 359 g/mol. The zero-order valence-electron chi connectivity index (χ0n) is 13.0. The number of nitriles is 1. The molecule has 0 fully saturated rings. The SMILES string of the molecule is COc1ccc(OCC(=O)O)c(/C=C/c2[nH]c(=S)[nH]c(=O)c2C#N)c1. The molecule has 128 valence electrons. The summed E-state index contributed by atoms with van der Waals surface area (Å²) in [5.74, 6) is -0.278. The Morgan fingerprint density at radius 3 is 2.80 bits per heavy atom. The topological polar surface area (TPSA) is 128 Å². The molecule has 0 spiro atoms. The van der Waals surface area contributed by atoms with Gasteiger partial charge in [-0.15, -0.1) is 0 Å². The number of hydrogen-bond acceptors (Lipinski definition) is 6. The molecule has 0 aliphatic rings. The monoisotopic (exact) mass is 359 g/mol. The number of ether oxygens (including phenoxy) is 2. The standard InChI is InChI=1S/C16H13N3O5S/c1-23-10-3-5-13(24-8-14(20)21)9(6-10)2-4-12-11(7-17)15(22)19-16(25)18-12/h2-6H,8H2,1H3,(H,20,21)(H2,18,19,22,25)/b4-2+. The number of H-pyrrole nitrogens is 2. The highest BCUT2D eigenvalue weighted by molar-refractivity contribution is 7.71. The third-order valence-corrected chi connectivity index (χ3v) is 3.29. The van der Waals surface area contributed by atoms with E-state index in [2.05, 4.69) is 9.97 Å². The summed E-state index contributed by atoms with van der Waals surface area (Å²) in [6.45, 7) is -0.510. The summed E-state index contributed by atoms with van der Waals surface area (Å²) in [6, 6.07) is 6.61. The molecule has 0 saturated carbocycles. The second-order valence-corrected chi connectivity index (χ2v) is 5.14. The lowest BCUT2D eigenvalue weighted by atomic mass is 10.1. The van der Waals surface area contributed by atoms with Crippen LogP contribution in [0.1, 0.15) is 16.8 Å². The number of rotatable bonds is 6. The van der Waals surface area contributed by atoms with Crippen LogP contribution in [0.15, 0.2) is 23.0 Å². The zero-order chi connectivity index (χ0) is 18.4. The minimum atomic E-state index is -1.11. The first-order chi connectivity index (χ1) is 11.9. The van der Waals surface area contributed by atoms with E-state index in [1.807, 2.05) is 0 Å². The minimum Gasteiger partial charge on any atom is -0.497 e. The maximum atomic E-state index is 11.7. The molecule has 0 atom stereocenters. The molecule has 0 bridgehead atoms. The van der Waals surface area contributed by atoms with Crippen LogP contribution in [-0.4, -0.2) is 34.8 Å². The molecule has 3 N–H and O–H groups in total. The predicted molar refractivity (Wildman–Crippen MR) is 92.0 cm³/mol. The van der Waals surface area contributed by atoms with E-state index in [0.29, 0.717) is 17.1 Å². The summed E-state index contributed by atoms with van der Waals surface area (Å²) in [4.78, 5) is 27.5. The molecule has 0 unspecified atom stereocenters. The van der Waals surface area contributed by atoms with Gasteiger partial charge in [0.15, 0.2) is 11.4 Å². The number of carboxylic acid groups (broad SMARTS) is 1. The van der Waals surface area contributed by atoms with Crippen molar-refractivity contribution in [3.63, 3.8) is 0 Å². The van der Waals surface area contributed by atoms with Gasteiger partial charge in [0, 0.05) is 5.56 Å². The fourth-order valence-corrected chi connectivity index (χ4v) is 2.17. The largest absolute Gasteiger partial charge is 0.497 e. The lowest BCUT2D eigenvalue weighted by Crippen LogP contribution is -2.13. The molecule has 0 aliphatic heterocycles. The Kier molecular flexibility index (Phi) is 5.71. The molecule has 0 amide bonds. The Morgan fingerprint density at radius 2 is 2.16 bits per heavy atom. The molecule has 8 nitrogen and oxygen atoms in total. The number of benzene rings is 1. The average Bonchev–Trinajstić information content (AvgIpc) is 2.57. The maximum Gasteiger partial charge on any atom is 0.341 e. The van der Waals surface area contributed by atoms with Gasteiger partial charge in [0.25, 0.3) is 5.56 Å². The number of aromatic amines is 2. The molecule has 0 saturated heterocycles. The Labute approximate surface area is 147 Å². The van der Waals surface area contributed by atoms with Crippen molar-refractivity contribution >= 4 is 30.3 Å². The highest BCUT2D eigenvalue weighted by Gasteiger charge is 2.08. The molecule has 2 rings (SSSR count). The van der Waals surface area contributed by atoms with E-state index in [-0.39, 0.29) is 16.0 Å². The zero-order valence-corrected chi connectivity index (χ0v) is 13.8. The molecule has 9 heteroatoms. The third kappa shape index (κ3) is 4.55. The van der Waals surface area contributed by atoms with E-state index in [1.165, 1.54) is 13.2 Å². The van der Waals surface area contributed by atoms with Crippen molar-refractivity contribution in [2.45, 2.75) is 0 Å². The summed E-state index contributed by atoms with van der Waals surface area (Å²) in [6.07, 6.45) is 3.03. The summed E-state index contributed by atoms with van der Waals surface area (Å²) < 4.78 is 10.4. The molecule has 0 radical (unpaired) electrons. The van der Waals surface area contributed by atoms with E-state index in [0.717, 1.165) is 0 Å². The first-order valence-electron chi connectivity index (χ1n) is 6.92. The van der Waals surface area contributed by atoms with Crippen LogP contribution in [0.3, 0.4) is 0 Å². The van der Waals surface area contributed by atoms with Crippen LogP contribution in [-0.2, 0) is 4.79 Å². The number of aliphatic carboxylic acids is 1. The van der Waals surface area contributed by atoms with Crippen molar-refractivity contribution in [2.75, 3.05) is 13.7 Å². The van der Waals surface area contributed by atoms with Crippen molar-refractivity contribution in [2.24, 2.45) is 0 Å². The second-order valence-electron chi connectivity index (χ2n) is 4.73. The summed E-state index contributed by atoms with van der Waals surface area (Å²) in [5, 5.41) is 17.8. The van der Waals surface area contributed by atoms with Gasteiger partial charge in [-0.2, -0.15) is 5.26 Å². The number of carbonyl (C=O) groups is 1. The fraction of sp³-hybridized carbons (Fsp3) is 0.125. The van der Waals surface area contributed by atoms with Crippen LogP contribution in [0.4, 0.5) is 0 Å². The van der Waals surface area contributed by atoms with Crippen molar-refractivity contribution in [1.29, 1.82) is 5.26 Å². The van der Waals surface area contributed by atoms with Crippen LogP contribution in [0.5, 0.6) is 11.5 Å². The third-order valence-electron chi connectivity index (χ3n) is 3.08. The number of nitrogens with one attached hydrogen (secondary N) is 2. The number of methoxy groups -OCH3 is 1. The Bertz CT molecular complexity index is 984. The minimum absolute atomic E-state index is 0.0802. The Hall–Kier alpha value is -3.38. The van der Waals surface area contributed by atoms with Gasteiger partial charge in [-0.05, 0) is 42.6 Å². The first kappa shape index (κ1) is 18.0. The van der Waals surface area contributed by atoms with E-state index in [4.69, 9.17) is 32.1 Å². The number of aromatic nitrogens is 2. The molecule has 0 aliphatic carbocycles. The molecular formula is C16H13N3O5S. The lowest BCUT2D eigenvalue weighted by molar-refractivity contribution is -0.139. The van der Waals surface area contributed by atoms with E-state index in [1.54, 1.807) is 30.3 Å². The van der Waals surface area contributed by atoms with Crippen molar-refractivity contribution < 1.29 is 19.4 Å². The van der Waals surface area contributed by atoms with Gasteiger partial charge in [0.2, 0.25) is 0 Å². The smallest absolute Gasteiger partial charge is 0.341 e. The molecule has 2 aromatic rings. The quantitative estimate of drug-likeness (QED) is 0.672. The number of hydrogen-bond donors (Lipinski definition) is 3. The van der Waals surface area contributed by atoms with E-state index < -0.39 is 18.1 Å². The molecular weight excluding hydrogens is 346 g/mol. The highest BCUT2D eigenvalue weighted by atomic mass is 32.1. The van der Waals surface area contributed by atoms with Gasteiger partial charge in [-0.1, -0.05) is 0 Å². The van der Waals surface area contributed by atoms with Crippen molar-refractivity contribution in [1.82, 2.24) is 9.97 Å². The van der Waals surface area contributed by atoms with Crippen LogP contribution in [0.2, 0.25) is 0 Å².